The van der Waals surface area contributed by atoms with Crippen molar-refractivity contribution in [3.05, 3.63) is 28.2 Å². The summed E-state index contributed by atoms with van der Waals surface area (Å²) in [7, 11) is 1.60. The van der Waals surface area contributed by atoms with Gasteiger partial charge in [0.15, 0.2) is 0 Å². The molecular weight excluding hydrogens is 222 g/mol. The minimum Gasteiger partial charge on any atom is -0.495 e. The predicted octanol–water partition coefficient (Wildman–Crippen LogP) is 1.94. The second-order valence-electron chi connectivity index (χ2n) is 2.27. The second-order valence-corrected chi connectivity index (χ2v) is 3.12. The van der Waals surface area contributed by atoms with Gasteiger partial charge in [0.2, 0.25) is 0 Å². The van der Waals surface area contributed by atoms with Crippen molar-refractivity contribution >= 4 is 15.9 Å². The summed E-state index contributed by atoms with van der Waals surface area (Å²) in [6, 6.07) is 5.66. The van der Waals surface area contributed by atoms with E-state index in [9.17, 15) is 0 Å². The maximum absolute atomic E-state index is 8.51. The van der Waals surface area contributed by atoms with Crippen LogP contribution >= 0.6 is 15.9 Å². The van der Waals surface area contributed by atoms with Gasteiger partial charge in [0.05, 0.1) is 11.6 Å². The summed E-state index contributed by atoms with van der Waals surface area (Å²) in [5.41, 5.74) is 3.00. The number of methoxy groups -OCH3 is 1. The summed E-state index contributed by atoms with van der Waals surface area (Å²) in [5.74, 6) is 0.749. The predicted molar refractivity (Wildman–Crippen MR) is 49.3 cm³/mol. The first-order valence-corrected chi connectivity index (χ1v) is 4.27. The lowest BCUT2D eigenvalue weighted by Gasteiger charge is -2.08. The second kappa shape index (κ2) is 4.45. The minimum atomic E-state index is 0.378. The van der Waals surface area contributed by atoms with Gasteiger partial charge in [-0.2, -0.15) is 0 Å². The Morgan fingerprint density at radius 1 is 1.58 bits per heavy atom. The fraction of sp³-hybridized carbons (Fsp3) is 0.250. The minimum absolute atomic E-state index is 0.378. The molecule has 0 saturated heterocycles. The number of ether oxygens (including phenoxy) is 1. The first kappa shape index (κ1) is 9.51. The summed E-state index contributed by atoms with van der Waals surface area (Å²) >= 11 is 3.34. The Hall–Kier alpha value is -0.580. The summed E-state index contributed by atoms with van der Waals surface area (Å²) in [6.45, 7) is 0.378. The number of hydroxylamine groups is 1. The Morgan fingerprint density at radius 3 is 2.92 bits per heavy atom. The molecule has 2 N–H and O–H groups in total. The molecule has 4 heteroatoms. The molecule has 3 nitrogen and oxygen atoms in total. The van der Waals surface area contributed by atoms with Crippen LogP contribution in [0.1, 0.15) is 5.56 Å². The largest absolute Gasteiger partial charge is 0.495 e. The van der Waals surface area contributed by atoms with Gasteiger partial charge in [0.25, 0.3) is 0 Å². The molecule has 0 heterocycles. The Labute approximate surface area is 79.4 Å². The molecule has 0 aliphatic carbocycles. The zero-order valence-corrected chi connectivity index (χ0v) is 8.26. The van der Waals surface area contributed by atoms with Gasteiger partial charge in [-0.3, -0.25) is 0 Å². The Morgan fingerprint density at radius 2 is 2.33 bits per heavy atom. The zero-order valence-electron chi connectivity index (χ0n) is 6.67. The first-order chi connectivity index (χ1) is 5.79. The van der Waals surface area contributed by atoms with Crippen LogP contribution < -0.4 is 10.2 Å². The van der Waals surface area contributed by atoms with Crippen LogP contribution in [0.25, 0.3) is 0 Å². The number of hydrogen-bond donors (Lipinski definition) is 2. The van der Waals surface area contributed by atoms with Crippen molar-refractivity contribution in [1.82, 2.24) is 5.48 Å². The lowest BCUT2D eigenvalue weighted by molar-refractivity contribution is 0.160. The molecule has 66 valence electrons. The highest BCUT2D eigenvalue weighted by molar-refractivity contribution is 9.10. The Kier molecular flexibility index (Phi) is 3.52. The van der Waals surface area contributed by atoms with E-state index in [0.717, 1.165) is 15.8 Å². The smallest absolute Gasteiger partial charge is 0.137 e. The quantitative estimate of drug-likeness (QED) is 0.782. The average molecular weight is 232 g/mol. The normalized spacial score (nSPS) is 9.92. The molecule has 1 aromatic rings. The van der Waals surface area contributed by atoms with E-state index >= 15 is 0 Å². The number of rotatable bonds is 3. The Bertz CT molecular complexity index is 265. The van der Waals surface area contributed by atoms with Crippen molar-refractivity contribution in [3.63, 3.8) is 0 Å². The van der Waals surface area contributed by atoms with E-state index in [1.165, 1.54) is 0 Å². The highest BCUT2D eigenvalue weighted by atomic mass is 79.9. The van der Waals surface area contributed by atoms with Crippen LogP contribution in [-0.4, -0.2) is 12.3 Å². The van der Waals surface area contributed by atoms with Crippen LogP contribution in [0, 0.1) is 0 Å². The van der Waals surface area contributed by atoms with Gasteiger partial charge in [-0.05, 0) is 22.0 Å². The molecule has 1 aromatic carbocycles. The molecule has 0 amide bonds. The molecule has 0 fully saturated rings. The molecular formula is C8H10BrNO2. The molecule has 0 bridgehead atoms. The molecule has 1 rings (SSSR count). The molecule has 12 heavy (non-hydrogen) atoms. The monoisotopic (exact) mass is 231 g/mol. The van der Waals surface area contributed by atoms with Gasteiger partial charge in [-0.15, -0.1) is 0 Å². The van der Waals surface area contributed by atoms with Crippen LogP contribution in [-0.2, 0) is 6.54 Å². The van der Waals surface area contributed by atoms with E-state index < -0.39 is 0 Å². The molecule has 0 spiro atoms. The summed E-state index contributed by atoms with van der Waals surface area (Å²) in [5, 5.41) is 8.51. The van der Waals surface area contributed by atoms with E-state index in [4.69, 9.17) is 9.94 Å². The maximum Gasteiger partial charge on any atom is 0.137 e. The standard InChI is InChI=1S/C8H10BrNO2/c1-12-8-6(5-10-11)3-2-4-7(8)9/h2-4,10-11H,5H2,1H3. The van der Waals surface area contributed by atoms with E-state index in [2.05, 4.69) is 21.4 Å². The maximum atomic E-state index is 8.51. The third kappa shape index (κ3) is 1.97. The molecule has 0 saturated carbocycles. The SMILES string of the molecule is COc1c(Br)cccc1CNO. The lowest BCUT2D eigenvalue weighted by Crippen LogP contribution is -2.07. The van der Waals surface area contributed by atoms with Crippen LogP contribution in [0.3, 0.4) is 0 Å². The van der Waals surface area contributed by atoms with Crippen LogP contribution in [0.2, 0.25) is 0 Å². The number of halogens is 1. The fourth-order valence-electron chi connectivity index (χ4n) is 1.01. The third-order valence-electron chi connectivity index (χ3n) is 1.52. The van der Waals surface area contributed by atoms with E-state index in [-0.39, 0.29) is 0 Å². The molecule has 0 radical (unpaired) electrons. The highest BCUT2D eigenvalue weighted by Gasteiger charge is 2.04. The van der Waals surface area contributed by atoms with E-state index in [0.29, 0.717) is 6.54 Å². The number of nitrogens with one attached hydrogen (secondary N) is 1. The van der Waals surface area contributed by atoms with Gasteiger partial charge < -0.3 is 9.94 Å². The lowest BCUT2D eigenvalue weighted by atomic mass is 10.2. The highest BCUT2D eigenvalue weighted by Crippen LogP contribution is 2.28. The Balaban J connectivity index is 3.00. The van der Waals surface area contributed by atoms with Crippen LogP contribution in [0.4, 0.5) is 0 Å². The van der Waals surface area contributed by atoms with Crippen molar-refractivity contribution in [1.29, 1.82) is 0 Å². The third-order valence-corrected chi connectivity index (χ3v) is 2.15. The topological polar surface area (TPSA) is 41.5 Å². The van der Waals surface area contributed by atoms with Crippen LogP contribution in [0.15, 0.2) is 22.7 Å². The fourth-order valence-corrected chi connectivity index (χ4v) is 1.58. The van der Waals surface area contributed by atoms with Gasteiger partial charge in [0, 0.05) is 12.1 Å². The summed E-state index contributed by atoms with van der Waals surface area (Å²) in [6.07, 6.45) is 0. The molecule has 0 aliphatic heterocycles. The van der Waals surface area contributed by atoms with Gasteiger partial charge in [-0.1, -0.05) is 12.1 Å². The van der Waals surface area contributed by atoms with Crippen molar-refractivity contribution in [2.45, 2.75) is 6.54 Å². The van der Waals surface area contributed by atoms with Gasteiger partial charge in [-0.25, -0.2) is 5.48 Å². The number of benzene rings is 1. The van der Waals surface area contributed by atoms with E-state index in [1.54, 1.807) is 7.11 Å². The van der Waals surface area contributed by atoms with Gasteiger partial charge in [0.1, 0.15) is 5.75 Å². The van der Waals surface area contributed by atoms with Crippen LogP contribution in [0.5, 0.6) is 5.75 Å². The molecule has 0 aliphatic rings. The van der Waals surface area contributed by atoms with E-state index in [1.807, 2.05) is 18.2 Å². The first-order valence-electron chi connectivity index (χ1n) is 3.48. The van der Waals surface area contributed by atoms with Gasteiger partial charge >= 0.3 is 0 Å². The van der Waals surface area contributed by atoms with Crippen molar-refractivity contribution in [2.24, 2.45) is 0 Å². The average Bonchev–Trinajstić information content (AvgIpc) is 2.05. The number of para-hydroxylation sites is 1. The molecule has 0 atom stereocenters. The van der Waals surface area contributed by atoms with Crippen molar-refractivity contribution in [3.8, 4) is 5.75 Å². The summed E-state index contributed by atoms with van der Waals surface area (Å²) < 4.78 is 6.02. The number of hydrogen-bond acceptors (Lipinski definition) is 3. The van der Waals surface area contributed by atoms with Crippen molar-refractivity contribution in [2.75, 3.05) is 7.11 Å². The summed E-state index contributed by atoms with van der Waals surface area (Å²) in [4.78, 5) is 0. The molecule has 0 unspecified atom stereocenters. The molecule has 0 aromatic heterocycles. The van der Waals surface area contributed by atoms with Crippen molar-refractivity contribution < 1.29 is 9.94 Å². The zero-order chi connectivity index (χ0) is 8.97.